The topological polar surface area (TPSA) is 155 Å². The van der Waals surface area contributed by atoms with E-state index in [4.69, 9.17) is 23.3 Å². The number of ether oxygens (including phenoxy) is 3. The van der Waals surface area contributed by atoms with Gasteiger partial charge < -0.3 is 24.2 Å². The molecule has 69 heavy (non-hydrogen) atoms. The molecule has 0 heterocycles. The van der Waals surface area contributed by atoms with Gasteiger partial charge in [-0.1, -0.05) is 271 Å². The first-order chi connectivity index (χ1) is 33.6. The van der Waals surface area contributed by atoms with Gasteiger partial charge in [0.1, 0.15) is 19.3 Å². The number of rotatable bonds is 56. The van der Waals surface area contributed by atoms with Crippen molar-refractivity contribution in [1.29, 1.82) is 0 Å². The fourth-order valence-electron chi connectivity index (χ4n) is 8.71. The summed E-state index contributed by atoms with van der Waals surface area (Å²) >= 11 is 0. The first-order valence-electron chi connectivity index (χ1n) is 29.4. The van der Waals surface area contributed by atoms with Crippen molar-refractivity contribution in [1.82, 2.24) is 0 Å². The highest BCUT2D eigenvalue weighted by molar-refractivity contribution is 7.47. The molecule has 1 unspecified atom stereocenters. The van der Waals surface area contributed by atoms with Crippen LogP contribution in [0.15, 0.2) is 0 Å². The molecule has 0 aromatic rings. The van der Waals surface area contributed by atoms with Crippen LogP contribution in [0.1, 0.15) is 310 Å². The lowest BCUT2D eigenvalue weighted by Crippen LogP contribution is -2.30. The van der Waals surface area contributed by atoms with Crippen LogP contribution in [0.3, 0.4) is 0 Å². The Morgan fingerprint density at radius 1 is 0.348 bits per heavy atom. The molecule has 0 aromatic carbocycles. The fraction of sp³-hybridized carbons (Fsp3) is 0.947. The van der Waals surface area contributed by atoms with Gasteiger partial charge in [-0.3, -0.25) is 23.4 Å². The Morgan fingerprint density at radius 2 is 0.594 bits per heavy atom. The minimum absolute atomic E-state index is 0.180. The van der Waals surface area contributed by atoms with Gasteiger partial charge in [0.2, 0.25) is 0 Å². The van der Waals surface area contributed by atoms with Crippen LogP contribution in [0.4, 0.5) is 0 Å². The third-order valence-electron chi connectivity index (χ3n) is 13.2. The van der Waals surface area contributed by atoms with E-state index in [9.17, 15) is 28.9 Å². The molecule has 0 aromatic heterocycles. The van der Waals surface area contributed by atoms with Gasteiger partial charge in [0, 0.05) is 19.3 Å². The number of phosphoric ester groups is 1. The Bertz CT molecular complexity index is 1170. The Labute approximate surface area is 424 Å². The van der Waals surface area contributed by atoms with Crippen LogP contribution < -0.4 is 0 Å². The summed E-state index contributed by atoms with van der Waals surface area (Å²) in [5.74, 6) is -1.35. The minimum atomic E-state index is -4.71. The lowest BCUT2D eigenvalue weighted by molar-refractivity contribution is -0.161. The predicted octanol–water partition coefficient (Wildman–Crippen LogP) is 17.1. The molecule has 11 nitrogen and oxygen atoms in total. The van der Waals surface area contributed by atoms with Crippen molar-refractivity contribution in [2.75, 3.05) is 26.4 Å². The number of phosphoric acid groups is 1. The average molecular weight is 1000 g/mol. The fourth-order valence-corrected chi connectivity index (χ4v) is 9.50. The molecule has 0 spiro atoms. The monoisotopic (exact) mass is 1000 g/mol. The van der Waals surface area contributed by atoms with E-state index in [2.05, 4.69) is 20.8 Å². The second kappa shape index (κ2) is 52.8. The summed E-state index contributed by atoms with van der Waals surface area (Å²) < 4.78 is 39.1. The smallest absolute Gasteiger partial charge is 0.463 e. The zero-order valence-electron chi connectivity index (χ0n) is 45.3. The van der Waals surface area contributed by atoms with Gasteiger partial charge >= 0.3 is 25.7 Å². The van der Waals surface area contributed by atoms with E-state index < -0.39 is 51.2 Å². The van der Waals surface area contributed by atoms with E-state index in [1.54, 1.807) is 0 Å². The van der Waals surface area contributed by atoms with E-state index in [0.29, 0.717) is 19.3 Å². The standard InChI is InChI=1S/C57H111O11P/c1-4-7-10-13-16-19-22-25-28-31-34-37-40-43-46-55(59)64-49-53(58)50-66-69(62,63)67-52-54(68-57(61)48-45-42-39-36-33-30-27-24-21-18-15-12-9-6-3)51-65-56(60)47-44-41-38-35-32-29-26-23-20-17-14-11-8-5-2/h53-54,58H,4-52H2,1-3H3,(H,62,63)/t53-,54-/m1/s1. The van der Waals surface area contributed by atoms with Gasteiger partial charge in [-0.15, -0.1) is 0 Å². The van der Waals surface area contributed by atoms with Crippen LogP contribution >= 0.6 is 7.82 Å². The normalized spacial score (nSPS) is 13.3. The highest BCUT2D eigenvalue weighted by atomic mass is 31.2. The van der Waals surface area contributed by atoms with Crippen molar-refractivity contribution in [3.8, 4) is 0 Å². The molecule has 0 aliphatic carbocycles. The number of hydrogen-bond acceptors (Lipinski definition) is 10. The molecule has 0 bridgehead atoms. The van der Waals surface area contributed by atoms with Crippen molar-refractivity contribution in [3.05, 3.63) is 0 Å². The first-order valence-corrected chi connectivity index (χ1v) is 30.9. The minimum Gasteiger partial charge on any atom is -0.463 e. The molecule has 0 saturated carbocycles. The molecular weight excluding hydrogens is 892 g/mol. The van der Waals surface area contributed by atoms with Crippen LogP contribution in [-0.4, -0.2) is 66.5 Å². The van der Waals surface area contributed by atoms with Crippen molar-refractivity contribution < 1.29 is 52.2 Å². The van der Waals surface area contributed by atoms with Gasteiger partial charge in [0.15, 0.2) is 6.10 Å². The number of esters is 3. The number of unbranched alkanes of at least 4 members (excludes halogenated alkanes) is 39. The summed E-state index contributed by atoms with van der Waals surface area (Å²) in [7, 11) is -4.71. The highest BCUT2D eigenvalue weighted by Crippen LogP contribution is 2.43. The maximum absolute atomic E-state index is 12.8. The van der Waals surface area contributed by atoms with Gasteiger partial charge in [0.25, 0.3) is 0 Å². The second-order valence-electron chi connectivity index (χ2n) is 20.2. The SMILES string of the molecule is CCCCCCCCCCCCCCCCC(=O)OC[C@@H](O)COP(=O)(O)OC[C@@H](COC(=O)CCCCCCCCCCCCCCCC)OC(=O)CCCCCCCCCCCCCCCC. The molecular formula is C57H111O11P. The summed E-state index contributed by atoms with van der Waals surface area (Å²) in [4.78, 5) is 48.1. The van der Waals surface area contributed by atoms with E-state index in [-0.39, 0.29) is 32.5 Å². The molecule has 0 saturated heterocycles. The molecule has 0 aliphatic rings. The lowest BCUT2D eigenvalue weighted by Gasteiger charge is -2.20. The number of carbonyl (C=O) groups is 3. The molecule has 410 valence electrons. The van der Waals surface area contributed by atoms with Crippen LogP contribution in [0.5, 0.6) is 0 Å². The number of carbonyl (C=O) groups excluding carboxylic acids is 3. The molecule has 2 N–H and O–H groups in total. The summed E-state index contributed by atoms with van der Waals surface area (Å²) in [5.41, 5.74) is 0. The van der Waals surface area contributed by atoms with Crippen LogP contribution in [0.2, 0.25) is 0 Å². The largest absolute Gasteiger partial charge is 0.472 e. The molecule has 0 aliphatic heterocycles. The molecule has 0 rings (SSSR count). The lowest BCUT2D eigenvalue weighted by atomic mass is 10.0. The maximum Gasteiger partial charge on any atom is 0.472 e. The maximum atomic E-state index is 12.8. The highest BCUT2D eigenvalue weighted by Gasteiger charge is 2.27. The quantitative estimate of drug-likeness (QED) is 0.0259. The average Bonchev–Trinajstić information content (AvgIpc) is 3.33. The Hall–Kier alpha value is -1.52. The summed E-state index contributed by atoms with van der Waals surface area (Å²) in [6, 6.07) is 0. The first kappa shape index (κ1) is 67.5. The number of aliphatic hydroxyl groups excluding tert-OH is 1. The van der Waals surface area contributed by atoms with Gasteiger partial charge in [0.05, 0.1) is 13.2 Å². The third kappa shape index (κ3) is 52.6. The van der Waals surface area contributed by atoms with Crippen LogP contribution in [-0.2, 0) is 42.2 Å². The Morgan fingerprint density at radius 3 is 0.899 bits per heavy atom. The van der Waals surface area contributed by atoms with Crippen molar-refractivity contribution >= 4 is 25.7 Å². The van der Waals surface area contributed by atoms with E-state index in [0.717, 1.165) is 57.8 Å². The Balaban J connectivity index is 4.54. The molecule has 0 fully saturated rings. The summed E-state index contributed by atoms with van der Waals surface area (Å²) in [6.07, 6.45) is 49.2. The van der Waals surface area contributed by atoms with E-state index >= 15 is 0 Å². The van der Waals surface area contributed by atoms with E-state index in [1.165, 1.54) is 193 Å². The Kier molecular flexibility index (Phi) is 51.6. The van der Waals surface area contributed by atoms with E-state index in [1.807, 2.05) is 0 Å². The van der Waals surface area contributed by atoms with Gasteiger partial charge in [-0.25, -0.2) is 4.57 Å². The van der Waals surface area contributed by atoms with Crippen molar-refractivity contribution in [2.24, 2.45) is 0 Å². The predicted molar refractivity (Wildman–Crippen MR) is 284 cm³/mol. The number of aliphatic hydroxyl groups is 1. The molecule has 0 radical (unpaired) electrons. The summed E-state index contributed by atoms with van der Waals surface area (Å²) in [6.45, 7) is 4.89. The van der Waals surface area contributed by atoms with Crippen LogP contribution in [0.25, 0.3) is 0 Å². The molecule has 3 atom stereocenters. The zero-order chi connectivity index (χ0) is 50.6. The third-order valence-corrected chi connectivity index (χ3v) is 14.2. The van der Waals surface area contributed by atoms with Gasteiger partial charge in [-0.05, 0) is 19.3 Å². The second-order valence-corrected chi connectivity index (χ2v) is 21.7. The number of hydrogen-bond donors (Lipinski definition) is 2. The zero-order valence-corrected chi connectivity index (χ0v) is 46.2. The molecule has 0 amide bonds. The van der Waals surface area contributed by atoms with Crippen molar-refractivity contribution in [2.45, 2.75) is 322 Å². The van der Waals surface area contributed by atoms with Crippen molar-refractivity contribution in [3.63, 3.8) is 0 Å². The molecule has 12 heteroatoms. The summed E-state index contributed by atoms with van der Waals surface area (Å²) in [5, 5.41) is 10.3. The van der Waals surface area contributed by atoms with Crippen LogP contribution in [0, 0.1) is 0 Å². The van der Waals surface area contributed by atoms with Gasteiger partial charge in [-0.2, -0.15) is 0 Å².